The Morgan fingerprint density at radius 1 is 1.14 bits per heavy atom. The smallest absolute Gasteiger partial charge is 0.410 e. The van der Waals surface area contributed by atoms with Gasteiger partial charge in [-0.25, -0.2) is 17.5 Å². The Morgan fingerprint density at radius 2 is 1.76 bits per heavy atom. The highest BCUT2D eigenvalue weighted by atomic mass is 35.5. The van der Waals surface area contributed by atoms with Gasteiger partial charge in [-0.3, -0.25) is 4.72 Å². The van der Waals surface area contributed by atoms with Gasteiger partial charge in [0.25, 0.3) is 0 Å². The second-order valence-corrected chi connectivity index (χ2v) is 16.4. The highest BCUT2D eigenvalue weighted by molar-refractivity contribution is 7.98. The van der Waals surface area contributed by atoms with Crippen molar-refractivity contribution in [2.75, 3.05) is 26.2 Å². The maximum atomic E-state index is 13.5. The summed E-state index contributed by atoms with van der Waals surface area (Å²) in [7, 11) is -3.55. The van der Waals surface area contributed by atoms with Crippen molar-refractivity contribution >= 4 is 39.7 Å². The van der Waals surface area contributed by atoms with Crippen LogP contribution in [0.1, 0.15) is 78.0 Å². The van der Waals surface area contributed by atoms with Gasteiger partial charge in [-0.15, -0.1) is 0 Å². The van der Waals surface area contributed by atoms with Crippen LogP contribution in [-0.4, -0.2) is 70.6 Å². The van der Waals surface area contributed by atoms with Crippen LogP contribution < -0.4 is 4.72 Å². The number of carbonyl (C=O) groups excluding carboxylic acids is 1. The molecule has 0 spiro atoms. The molecule has 0 bridgehead atoms. The van der Waals surface area contributed by atoms with Crippen LogP contribution in [0.2, 0.25) is 5.02 Å². The minimum Gasteiger partial charge on any atom is -0.508 e. The second kappa shape index (κ2) is 11.5. The first kappa shape index (κ1) is 30.3. The van der Waals surface area contributed by atoms with Crippen molar-refractivity contribution in [2.24, 2.45) is 5.92 Å². The van der Waals surface area contributed by atoms with Crippen LogP contribution in [0.15, 0.2) is 12.1 Å². The number of nitrogens with zero attached hydrogens (tertiary/aromatic N) is 2. The van der Waals surface area contributed by atoms with Crippen LogP contribution in [0.3, 0.4) is 0 Å². The quantitative estimate of drug-likeness (QED) is 0.433. The van der Waals surface area contributed by atoms with E-state index in [4.69, 9.17) is 16.3 Å². The molecule has 2 saturated heterocycles. The maximum absolute atomic E-state index is 13.5. The molecule has 2 heterocycles. The van der Waals surface area contributed by atoms with Gasteiger partial charge >= 0.3 is 6.09 Å². The number of halogens is 1. The standard InChI is InChI=1S/C26H42ClN3O5S2/c1-17-14-22(31)20(15-21(17)27)23(28-36-26(5,6)7)18-8-12-30(13-9-18)37(33,34)19-10-11-29(16-19)24(32)35-25(2,3)4/h14-15,18-19,23,28,31H,8-13,16H2,1-7H3. The number of phenolic OH excluding ortho intramolecular Hbond substituents is 1. The SMILES string of the molecule is Cc1cc(O)c(C(NSC(C)(C)C)C2CCN(S(=O)(=O)C3CCN(C(=O)OC(C)(C)C)C3)CC2)cc1Cl. The van der Waals surface area contributed by atoms with Crippen molar-refractivity contribution in [1.29, 1.82) is 0 Å². The van der Waals surface area contributed by atoms with Gasteiger partial charge in [-0.1, -0.05) is 23.5 Å². The van der Waals surface area contributed by atoms with Crippen LogP contribution in [0, 0.1) is 12.8 Å². The Labute approximate surface area is 231 Å². The molecular formula is C26H42ClN3O5S2. The van der Waals surface area contributed by atoms with E-state index >= 15 is 0 Å². The Balaban J connectivity index is 1.69. The fourth-order valence-electron chi connectivity index (χ4n) is 4.72. The molecule has 0 radical (unpaired) electrons. The first-order chi connectivity index (χ1) is 17.0. The first-order valence-corrected chi connectivity index (χ1v) is 15.6. The Morgan fingerprint density at radius 3 is 2.32 bits per heavy atom. The second-order valence-electron chi connectivity index (χ2n) is 12.1. The number of nitrogens with one attached hydrogen (secondary N) is 1. The van der Waals surface area contributed by atoms with Crippen LogP contribution in [-0.2, 0) is 14.8 Å². The van der Waals surface area contributed by atoms with E-state index in [2.05, 4.69) is 25.5 Å². The zero-order valence-electron chi connectivity index (χ0n) is 23.0. The summed E-state index contributed by atoms with van der Waals surface area (Å²) in [5, 5.41) is 10.7. The van der Waals surface area contributed by atoms with E-state index in [1.807, 2.05) is 13.0 Å². The van der Waals surface area contributed by atoms with Gasteiger partial charge in [0.15, 0.2) is 0 Å². The number of piperidine rings is 1. The van der Waals surface area contributed by atoms with Gasteiger partial charge in [0.1, 0.15) is 11.4 Å². The Hall–Kier alpha value is -1.20. The summed E-state index contributed by atoms with van der Waals surface area (Å²) in [5.41, 5.74) is 0.919. The van der Waals surface area contributed by atoms with E-state index in [0.717, 1.165) is 11.1 Å². The molecule has 8 nitrogen and oxygen atoms in total. The molecule has 2 unspecified atom stereocenters. The summed E-state index contributed by atoms with van der Waals surface area (Å²) >= 11 is 8.01. The fraction of sp³-hybridized carbons (Fsp3) is 0.731. The van der Waals surface area contributed by atoms with Gasteiger partial charge in [0.2, 0.25) is 10.0 Å². The zero-order valence-corrected chi connectivity index (χ0v) is 25.4. The summed E-state index contributed by atoms with van der Waals surface area (Å²) in [6.07, 6.45) is 1.24. The molecule has 37 heavy (non-hydrogen) atoms. The lowest BCUT2D eigenvalue weighted by atomic mass is 9.86. The fourth-order valence-corrected chi connectivity index (χ4v) is 7.61. The molecular weight excluding hydrogens is 534 g/mol. The maximum Gasteiger partial charge on any atom is 0.410 e. The van der Waals surface area contributed by atoms with Crippen LogP contribution >= 0.6 is 23.5 Å². The number of hydrogen-bond donors (Lipinski definition) is 2. The van der Waals surface area contributed by atoms with Gasteiger partial charge in [0.05, 0.1) is 5.25 Å². The van der Waals surface area contributed by atoms with E-state index in [1.165, 1.54) is 4.90 Å². The number of aryl methyl sites for hydroxylation is 1. The lowest BCUT2D eigenvalue weighted by Crippen LogP contribution is -2.46. The molecule has 2 aliphatic heterocycles. The van der Waals surface area contributed by atoms with E-state index in [9.17, 15) is 18.3 Å². The van der Waals surface area contributed by atoms with Crippen molar-refractivity contribution in [2.45, 2.75) is 89.4 Å². The third kappa shape index (κ3) is 7.91. The van der Waals surface area contributed by atoms with Gasteiger partial charge < -0.3 is 14.7 Å². The molecule has 2 atom stereocenters. The molecule has 1 aromatic carbocycles. The molecule has 2 aliphatic rings. The number of phenols is 1. The molecule has 2 fully saturated rings. The van der Waals surface area contributed by atoms with Gasteiger partial charge in [-0.05, 0) is 91.3 Å². The summed E-state index contributed by atoms with van der Waals surface area (Å²) < 4.78 is 37.4. The van der Waals surface area contributed by atoms with Crippen LogP contribution in [0.5, 0.6) is 5.75 Å². The number of rotatable bonds is 6. The molecule has 1 amide bonds. The predicted octanol–water partition coefficient (Wildman–Crippen LogP) is 5.48. The molecule has 1 aromatic rings. The molecule has 2 N–H and O–H groups in total. The number of ether oxygens (including phenoxy) is 1. The number of aromatic hydroxyl groups is 1. The van der Waals surface area contributed by atoms with Gasteiger partial charge in [-0.2, -0.15) is 0 Å². The molecule has 0 saturated carbocycles. The molecule has 0 aromatic heterocycles. The third-order valence-corrected chi connectivity index (χ3v) is 10.4. The largest absolute Gasteiger partial charge is 0.508 e. The topological polar surface area (TPSA) is 99.2 Å². The van der Waals surface area contributed by atoms with Crippen LogP contribution in [0.4, 0.5) is 4.79 Å². The Kier molecular flexibility index (Phi) is 9.43. The molecule has 0 aliphatic carbocycles. The van der Waals surface area contributed by atoms with Crippen molar-refractivity contribution in [3.63, 3.8) is 0 Å². The number of carbonyl (C=O) groups is 1. The summed E-state index contributed by atoms with van der Waals surface area (Å²) in [6.45, 7) is 14.9. The van der Waals surface area contributed by atoms with Crippen molar-refractivity contribution in [3.05, 3.63) is 28.3 Å². The third-order valence-electron chi connectivity index (χ3n) is 6.68. The highest BCUT2D eigenvalue weighted by Crippen LogP contribution is 2.40. The minimum atomic E-state index is -3.55. The van der Waals surface area contributed by atoms with E-state index in [0.29, 0.717) is 43.9 Å². The summed E-state index contributed by atoms with van der Waals surface area (Å²) in [5.74, 6) is 0.310. The Bertz CT molecular complexity index is 1080. The number of amides is 1. The average molecular weight is 576 g/mol. The number of likely N-dealkylation sites (tertiary alicyclic amines) is 1. The number of benzene rings is 1. The van der Waals surface area contributed by atoms with E-state index < -0.39 is 27.0 Å². The summed E-state index contributed by atoms with van der Waals surface area (Å²) in [6, 6.07) is 3.32. The minimum absolute atomic E-state index is 0.0467. The number of hydrogen-bond acceptors (Lipinski definition) is 7. The number of sulfonamides is 1. The highest BCUT2D eigenvalue weighted by Gasteiger charge is 2.42. The summed E-state index contributed by atoms with van der Waals surface area (Å²) in [4.78, 5) is 13.9. The zero-order chi connectivity index (χ0) is 27.8. The van der Waals surface area contributed by atoms with Crippen LogP contribution in [0.25, 0.3) is 0 Å². The normalized spacial score (nSPS) is 21.3. The lowest BCUT2D eigenvalue weighted by molar-refractivity contribution is 0.0295. The molecule has 3 rings (SSSR count). The first-order valence-electron chi connectivity index (χ1n) is 12.9. The van der Waals surface area contributed by atoms with Gasteiger partial charge in [0, 0.05) is 47.6 Å². The lowest BCUT2D eigenvalue weighted by Gasteiger charge is -2.38. The monoisotopic (exact) mass is 575 g/mol. The predicted molar refractivity (Wildman–Crippen MR) is 151 cm³/mol. The van der Waals surface area contributed by atoms with E-state index in [-0.39, 0.29) is 29.0 Å². The van der Waals surface area contributed by atoms with Crippen molar-refractivity contribution in [1.82, 2.24) is 13.9 Å². The molecule has 11 heteroatoms. The van der Waals surface area contributed by atoms with Crippen molar-refractivity contribution in [3.8, 4) is 5.75 Å². The van der Waals surface area contributed by atoms with Crippen molar-refractivity contribution < 1.29 is 23.1 Å². The average Bonchev–Trinajstić information content (AvgIpc) is 3.27. The molecule has 210 valence electrons. The van der Waals surface area contributed by atoms with E-state index in [1.54, 1.807) is 43.1 Å².